The van der Waals surface area contributed by atoms with Crippen LogP contribution in [-0.4, -0.2) is 20.8 Å². The van der Waals surface area contributed by atoms with E-state index in [9.17, 15) is 4.79 Å². The van der Waals surface area contributed by atoms with Crippen LogP contribution in [0, 0.1) is 6.92 Å². The molecule has 2 aromatic heterocycles. The van der Waals surface area contributed by atoms with Crippen molar-refractivity contribution in [3.63, 3.8) is 0 Å². The maximum atomic E-state index is 11.9. The summed E-state index contributed by atoms with van der Waals surface area (Å²) in [4.78, 5) is 17.1. The number of carbonyl (C=O) groups is 1. The third-order valence-electron chi connectivity index (χ3n) is 3.63. The number of aryl methyl sites for hydroxylation is 1. The number of hydrogen-bond acceptors (Lipinski definition) is 4. The first-order chi connectivity index (χ1) is 11.7. The lowest BCUT2D eigenvalue weighted by Gasteiger charge is -2.08. The second kappa shape index (κ2) is 7.74. The molecule has 24 heavy (non-hydrogen) atoms. The monoisotopic (exact) mass is 341 g/mol. The number of nitrogens with one attached hydrogen (secondary N) is 2. The first kappa shape index (κ1) is 16.2. The van der Waals surface area contributed by atoms with Crippen molar-refractivity contribution in [3.05, 3.63) is 69.9 Å². The first-order valence-corrected chi connectivity index (χ1v) is 8.54. The Morgan fingerprint density at radius 3 is 2.58 bits per heavy atom. The van der Waals surface area contributed by atoms with Gasteiger partial charge in [-0.05, 0) is 24.1 Å². The number of nitrogens with zero attached hydrogens (tertiary/aromatic N) is 3. The van der Waals surface area contributed by atoms with Crippen LogP contribution in [0.25, 0.3) is 0 Å². The average molecular weight is 341 g/mol. The molecule has 7 heteroatoms. The largest absolute Gasteiger partial charge is 0.334 e. The van der Waals surface area contributed by atoms with Crippen LogP contribution in [0.2, 0.25) is 0 Å². The summed E-state index contributed by atoms with van der Waals surface area (Å²) in [6, 6.07) is 9.88. The van der Waals surface area contributed by atoms with Crippen LogP contribution < -0.4 is 10.6 Å². The highest BCUT2D eigenvalue weighted by Crippen LogP contribution is 2.11. The lowest BCUT2D eigenvalue weighted by molar-refractivity contribution is 0.240. The molecule has 0 fully saturated rings. The Hall–Kier alpha value is -2.67. The average Bonchev–Trinajstić information content (AvgIpc) is 3.24. The van der Waals surface area contributed by atoms with E-state index in [1.807, 2.05) is 36.0 Å². The Morgan fingerprint density at radius 1 is 1.17 bits per heavy atom. The summed E-state index contributed by atoms with van der Waals surface area (Å²) < 4.78 is 1.88. The summed E-state index contributed by atoms with van der Waals surface area (Å²) in [5.41, 5.74) is 4.98. The minimum absolute atomic E-state index is 0.177. The maximum Gasteiger partial charge on any atom is 0.315 e. The van der Waals surface area contributed by atoms with Gasteiger partial charge >= 0.3 is 6.03 Å². The number of rotatable bonds is 6. The predicted octanol–water partition coefficient (Wildman–Crippen LogP) is 2.70. The van der Waals surface area contributed by atoms with Crippen molar-refractivity contribution in [1.82, 2.24) is 25.4 Å². The van der Waals surface area contributed by atoms with Crippen molar-refractivity contribution in [1.29, 1.82) is 0 Å². The molecular weight excluding hydrogens is 322 g/mol. The summed E-state index contributed by atoms with van der Waals surface area (Å²) >= 11 is 1.55. The zero-order chi connectivity index (χ0) is 16.8. The number of urea groups is 1. The molecular formula is C17H19N5OS. The SMILES string of the molecule is Cc1ncsc1CNC(=O)NCc1ccc(Cn2cccn2)cc1. The fraction of sp³-hybridized carbons (Fsp3) is 0.235. The van der Waals surface area contributed by atoms with E-state index in [0.29, 0.717) is 13.1 Å². The minimum Gasteiger partial charge on any atom is -0.334 e. The van der Waals surface area contributed by atoms with Crippen molar-refractivity contribution in [2.24, 2.45) is 0 Å². The van der Waals surface area contributed by atoms with Gasteiger partial charge in [-0.1, -0.05) is 24.3 Å². The predicted molar refractivity (Wildman–Crippen MR) is 93.7 cm³/mol. The Morgan fingerprint density at radius 2 is 1.92 bits per heavy atom. The van der Waals surface area contributed by atoms with E-state index in [-0.39, 0.29) is 6.03 Å². The van der Waals surface area contributed by atoms with Gasteiger partial charge in [-0.3, -0.25) is 4.68 Å². The van der Waals surface area contributed by atoms with E-state index in [4.69, 9.17) is 0 Å². The van der Waals surface area contributed by atoms with Gasteiger partial charge in [0.15, 0.2) is 0 Å². The van der Waals surface area contributed by atoms with E-state index >= 15 is 0 Å². The van der Waals surface area contributed by atoms with Crippen molar-refractivity contribution < 1.29 is 4.79 Å². The van der Waals surface area contributed by atoms with E-state index in [2.05, 4.69) is 32.8 Å². The van der Waals surface area contributed by atoms with Crippen molar-refractivity contribution in [2.45, 2.75) is 26.6 Å². The molecule has 3 rings (SSSR count). The summed E-state index contributed by atoms with van der Waals surface area (Å²) in [5, 5.41) is 9.90. The van der Waals surface area contributed by atoms with Gasteiger partial charge in [-0.25, -0.2) is 9.78 Å². The molecule has 0 aliphatic heterocycles. The van der Waals surface area contributed by atoms with Gasteiger partial charge in [0, 0.05) is 23.8 Å². The lowest BCUT2D eigenvalue weighted by atomic mass is 10.1. The molecule has 2 N–H and O–H groups in total. The molecule has 0 radical (unpaired) electrons. The zero-order valence-electron chi connectivity index (χ0n) is 13.4. The molecule has 2 heterocycles. The van der Waals surface area contributed by atoms with E-state index < -0.39 is 0 Å². The van der Waals surface area contributed by atoms with Gasteiger partial charge in [-0.2, -0.15) is 5.10 Å². The molecule has 0 unspecified atom stereocenters. The first-order valence-electron chi connectivity index (χ1n) is 7.66. The molecule has 0 aliphatic rings. The maximum absolute atomic E-state index is 11.9. The standard InChI is InChI=1S/C17H19N5OS/c1-13-16(24-12-20-13)10-19-17(23)18-9-14-3-5-15(6-4-14)11-22-8-2-7-21-22/h2-8,12H,9-11H2,1H3,(H2,18,19,23). The lowest BCUT2D eigenvalue weighted by Crippen LogP contribution is -2.34. The summed E-state index contributed by atoms with van der Waals surface area (Å²) in [6.45, 7) is 3.69. The molecule has 1 aromatic carbocycles. The molecule has 0 aliphatic carbocycles. The quantitative estimate of drug-likeness (QED) is 0.724. The van der Waals surface area contributed by atoms with Crippen LogP contribution in [0.5, 0.6) is 0 Å². The molecule has 0 atom stereocenters. The minimum atomic E-state index is -0.177. The van der Waals surface area contributed by atoms with Crippen LogP contribution in [0.4, 0.5) is 4.79 Å². The van der Waals surface area contributed by atoms with Crippen LogP contribution in [0.1, 0.15) is 21.7 Å². The molecule has 0 saturated carbocycles. The van der Waals surface area contributed by atoms with Gasteiger partial charge < -0.3 is 10.6 Å². The smallest absolute Gasteiger partial charge is 0.315 e. The van der Waals surface area contributed by atoms with E-state index in [1.54, 1.807) is 23.0 Å². The van der Waals surface area contributed by atoms with Crippen molar-refractivity contribution >= 4 is 17.4 Å². The van der Waals surface area contributed by atoms with Crippen LogP contribution in [0.3, 0.4) is 0 Å². The van der Waals surface area contributed by atoms with E-state index in [0.717, 1.165) is 22.7 Å². The second-order valence-corrected chi connectivity index (χ2v) is 6.36. The third kappa shape index (κ3) is 4.42. The Labute approximate surface area is 144 Å². The Balaban J connectivity index is 1.44. The summed E-state index contributed by atoms with van der Waals surface area (Å²) in [5.74, 6) is 0. The van der Waals surface area contributed by atoms with Crippen LogP contribution in [0.15, 0.2) is 48.2 Å². The fourth-order valence-corrected chi connectivity index (χ4v) is 2.96. The van der Waals surface area contributed by atoms with Gasteiger partial charge in [0.2, 0.25) is 0 Å². The fourth-order valence-electron chi connectivity index (χ4n) is 2.24. The van der Waals surface area contributed by atoms with Crippen molar-refractivity contribution in [2.75, 3.05) is 0 Å². The number of hydrogen-bond donors (Lipinski definition) is 2. The van der Waals surface area contributed by atoms with Gasteiger partial charge in [0.25, 0.3) is 0 Å². The Kier molecular flexibility index (Phi) is 5.22. The molecule has 6 nitrogen and oxygen atoms in total. The zero-order valence-corrected chi connectivity index (χ0v) is 14.2. The third-order valence-corrected chi connectivity index (χ3v) is 4.57. The highest BCUT2D eigenvalue weighted by molar-refractivity contribution is 7.09. The highest BCUT2D eigenvalue weighted by Gasteiger charge is 2.04. The summed E-state index contributed by atoms with van der Waals surface area (Å²) in [7, 11) is 0. The van der Waals surface area contributed by atoms with E-state index in [1.165, 1.54) is 5.56 Å². The Bertz CT molecular complexity index is 780. The van der Waals surface area contributed by atoms with Crippen LogP contribution in [-0.2, 0) is 19.6 Å². The molecule has 0 spiro atoms. The van der Waals surface area contributed by atoms with Crippen LogP contribution >= 0.6 is 11.3 Å². The highest BCUT2D eigenvalue weighted by atomic mass is 32.1. The van der Waals surface area contributed by atoms with Crippen molar-refractivity contribution in [3.8, 4) is 0 Å². The summed E-state index contributed by atoms with van der Waals surface area (Å²) in [6.07, 6.45) is 3.70. The number of benzene rings is 1. The molecule has 0 bridgehead atoms. The van der Waals surface area contributed by atoms with Gasteiger partial charge in [0.05, 0.1) is 24.3 Å². The number of thiazole rings is 1. The molecule has 0 saturated heterocycles. The second-order valence-electron chi connectivity index (χ2n) is 5.42. The van der Waals surface area contributed by atoms with Gasteiger partial charge in [0.1, 0.15) is 0 Å². The number of aromatic nitrogens is 3. The molecule has 3 aromatic rings. The molecule has 2 amide bonds. The van der Waals surface area contributed by atoms with Gasteiger partial charge in [-0.15, -0.1) is 11.3 Å². The number of carbonyl (C=O) groups excluding carboxylic acids is 1. The topological polar surface area (TPSA) is 71.8 Å². The normalized spacial score (nSPS) is 10.5. The molecule has 124 valence electrons. The number of amides is 2.